The van der Waals surface area contributed by atoms with Gasteiger partial charge in [0, 0.05) is 160 Å². The zero-order valence-corrected chi connectivity index (χ0v) is 76.9. The Morgan fingerprint density at radius 2 is 0.754 bits per heavy atom. The molecule has 45 nitrogen and oxygen atoms in total. The van der Waals surface area contributed by atoms with Gasteiger partial charge in [0.2, 0.25) is 47.0 Å². The number of aryl methyl sites for hydroxylation is 5. The van der Waals surface area contributed by atoms with E-state index in [0.717, 1.165) is 34.5 Å². The molecule has 5 aromatic heterocycles. The van der Waals surface area contributed by atoms with Gasteiger partial charge in [0.05, 0.1) is 156 Å². The van der Waals surface area contributed by atoms with Gasteiger partial charge < -0.3 is 149 Å². The maximum absolute atomic E-state index is 13.4. The molecule has 46 heteroatoms. The van der Waals surface area contributed by atoms with Crippen LogP contribution in [0.3, 0.4) is 0 Å². The molecule has 0 spiro atoms. The molecule has 0 fully saturated rings. The molecular formula is C88H120ClN23O22. The van der Waals surface area contributed by atoms with E-state index in [1.54, 1.807) is 54.3 Å². The molecule has 0 unspecified atom stereocenters. The van der Waals surface area contributed by atoms with E-state index in [2.05, 4.69) is 91.7 Å². The summed E-state index contributed by atoms with van der Waals surface area (Å²) in [5, 5.41) is 40.7. The van der Waals surface area contributed by atoms with Crippen molar-refractivity contribution in [2.45, 2.75) is 51.6 Å². The summed E-state index contributed by atoms with van der Waals surface area (Å²) in [5.41, 5.74) is 11.3. The number of carbonyl (C=O) groups excluding carboxylic acids is 11. The Balaban J connectivity index is 0.522. The van der Waals surface area contributed by atoms with Crippen molar-refractivity contribution in [3.8, 4) is 11.1 Å². The molecule has 726 valence electrons. The highest BCUT2D eigenvalue weighted by Gasteiger charge is 2.33. The molecule has 0 bridgehead atoms. The summed E-state index contributed by atoms with van der Waals surface area (Å²) in [7, 11) is 7.86. The van der Waals surface area contributed by atoms with E-state index >= 15 is 0 Å². The highest BCUT2D eigenvalue weighted by Crippen LogP contribution is 2.41. The van der Waals surface area contributed by atoms with Gasteiger partial charge in [-0.05, 0) is 90.7 Å². The predicted octanol–water partition coefficient (Wildman–Crippen LogP) is 3.47. The average Bonchev–Trinajstić information content (AvgIpc) is 1.07. The fraction of sp³-hybridized carbons (Fsp3) is 0.466. The SMILES string of the molecule is CC(=O)N1c2ccc(-c3ccc(C(=O)NCCOCCOCCOCCOCCOCCOCCOCCOCCNC(=O)c4nc(NC(=O)CCNC(=O)c5cc(NC(=O)c6nc(NC(=O)CCNC(=O)c7cc(NC(=O)c8nc(NC(=O)CCNC(=O)COCCOCCOCCNC(=N)N)cn8C)cn7C)cn6C)cn5C)cn4C)cc3)cc2[C@H](Nc2ccc(Cl)cc2)C[C@@H]1C. The number of halogens is 1. The highest BCUT2D eigenvalue weighted by molar-refractivity contribution is 6.30. The van der Waals surface area contributed by atoms with Crippen LogP contribution in [0.2, 0.25) is 5.02 Å². The third kappa shape index (κ3) is 35.8. The second kappa shape index (κ2) is 56.1. The fourth-order valence-electron chi connectivity index (χ4n) is 13.4. The number of hydrogen-bond donors (Lipinski definition) is 14. The lowest BCUT2D eigenvalue weighted by Crippen LogP contribution is -2.43. The smallest absolute Gasteiger partial charge is 0.291 e. The predicted molar refractivity (Wildman–Crippen MR) is 494 cm³/mol. The molecule has 1 aliphatic heterocycles. The van der Waals surface area contributed by atoms with Crippen LogP contribution in [0.4, 0.5) is 40.2 Å². The summed E-state index contributed by atoms with van der Waals surface area (Å²) in [6.45, 7) is 11.4. The molecule has 0 aliphatic carbocycles. The average molecular weight is 1890 g/mol. The van der Waals surface area contributed by atoms with Gasteiger partial charge in [0.25, 0.3) is 35.4 Å². The van der Waals surface area contributed by atoms with Gasteiger partial charge in [-0.1, -0.05) is 29.8 Å². The lowest BCUT2D eigenvalue weighted by Gasteiger charge is -2.39. The number of rotatable bonds is 61. The number of hydrogen-bond acceptors (Lipinski definition) is 27. The van der Waals surface area contributed by atoms with Crippen molar-refractivity contribution in [3.63, 3.8) is 0 Å². The van der Waals surface area contributed by atoms with Crippen molar-refractivity contribution < 1.29 is 105 Å². The first kappa shape index (κ1) is 105. The molecule has 0 saturated heterocycles. The van der Waals surface area contributed by atoms with E-state index in [1.165, 1.54) is 66.0 Å². The van der Waals surface area contributed by atoms with Gasteiger partial charge in [0.15, 0.2) is 23.4 Å². The van der Waals surface area contributed by atoms with E-state index in [9.17, 15) is 52.7 Å². The second-order valence-corrected chi connectivity index (χ2v) is 30.8. The summed E-state index contributed by atoms with van der Waals surface area (Å²) in [4.78, 5) is 157. The lowest BCUT2D eigenvalue weighted by molar-refractivity contribution is -0.126. The third-order valence-electron chi connectivity index (χ3n) is 19.9. The van der Waals surface area contributed by atoms with Crippen molar-refractivity contribution in [2.75, 3.05) is 221 Å². The summed E-state index contributed by atoms with van der Waals surface area (Å²) in [6, 6.07) is 24.0. The van der Waals surface area contributed by atoms with Crippen LogP contribution in [0.25, 0.3) is 11.1 Å². The molecule has 0 radical (unpaired) electrons. The Labute approximate surface area is 779 Å². The normalized spacial score (nSPS) is 12.7. The maximum Gasteiger partial charge on any atom is 0.291 e. The number of imidazole rings is 3. The number of guanidine groups is 1. The molecule has 11 amide bonds. The Bertz CT molecular complexity index is 5190. The van der Waals surface area contributed by atoms with Crippen molar-refractivity contribution in [3.05, 3.63) is 155 Å². The first-order chi connectivity index (χ1) is 64.7. The number of amides is 11. The van der Waals surface area contributed by atoms with Gasteiger partial charge in [0.1, 0.15) is 18.0 Å². The Hall–Kier alpha value is -13.1. The minimum atomic E-state index is -0.664. The number of anilines is 7. The Morgan fingerprint density at radius 1 is 0.388 bits per heavy atom. The van der Waals surface area contributed by atoms with Crippen LogP contribution in [0.5, 0.6) is 0 Å². The van der Waals surface area contributed by atoms with Crippen LogP contribution < -0.4 is 74.4 Å². The largest absolute Gasteiger partial charge is 0.378 e. The van der Waals surface area contributed by atoms with Crippen LogP contribution in [0.15, 0.2) is 110 Å². The molecule has 2 atom stereocenters. The number of aromatic nitrogens is 8. The van der Waals surface area contributed by atoms with Gasteiger partial charge in [-0.3, -0.25) is 58.1 Å². The first-order valence-electron chi connectivity index (χ1n) is 43.5. The van der Waals surface area contributed by atoms with Gasteiger partial charge in [-0.25, -0.2) is 15.0 Å². The molecule has 6 heterocycles. The molecule has 1 aliphatic rings. The molecule has 3 aromatic carbocycles. The summed E-state index contributed by atoms with van der Waals surface area (Å²) < 4.78 is 67.8. The fourth-order valence-corrected chi connectivity index (χ4v) is 13.6. The lowest BCUT2D eigenvalue weighted by atomic mass is 9.88. The zero-order valence-electron chi connectivity index (χ0n) is 76.1. The topological polar surface area (TPSA) is 550 Å². The summed E-state index contributed by atoms with van der Waals surface area (Å²) in [5.74, 6) is -5.04. The number of benzene rings is 3. The van der Waals surface area contributed by atoms with Crippen LogP contribution in [-0.2, 0) is 111 Å². The highest BCUT2D eigenvalue weighted by atomic mass is 35.5. The Morgan fingerprint density at radius 3 is 1.16 bits per heavy atom. The minimum Gasteiger partial charge on any atom is -0.378 e. The van der Waals surface area contributed by atoms with Crippen LogP contribution in [0, 0.1) is 5.41 Å². The molecule has 15 N–H and O–H groups in total. The van der Waals surface area contributed by atoms with Crippen LogP contribution in [-0.4, -0.2) is 299 Å². The monoisotopic (exact) mass is 1890 g/mol. The quantitative estimate of drug-likeness (QED) is 0.0147. The number of ether oxygens (including phenoxy) is 11. The van der Waals surface area contributed by atoms with E-state index in [1.807, 2.05) is 53.4 Å². The van der Waals surface area contributed by atoms with Crippen molar-refractivity contribution in [2.24, 2.45) is 41.0 Å². The van der Waals surface area contributed by atoms with Crippen LogP contribution in [0.1, 0.15) is 114 Å². The van der Waals surface area contributed by atoms with E-state index in [4.69, 9.17) is 74.8 Å². The number of carbonyl (C=O) groups is 11. The molecule has 134 heavy (non-hydrogen) atoms. The standard InChI is InChI=1S/C88H120ClN23O22/c1-58-48-68(98-64-15-13-63(89)14-16-64)67-49-62(12-17-69(67)112(58)59(2)113)60-8-10-61(11-9-60)82(118)95-24-27-124-30-33-127-36-38-129-40-42-131-44-45-132-43-41-130-39-37-128-34-31-125-28-25-96-85(121)79-104-72(54-109(79)5)101-76(115)19-22-93-83(119)70-51-66(53-107(70)3)100-87(123)81-106-74(56-111(81)7)103-77(116)20-23-94-84(120)71-50-65(52-108(71)4)99-86(122)80-105-73(55-110(80)6)102-75(114)18-21-92-78(117)57-134-47-46-133-35-32-126-29-26-97-88(90)91/h8-17,49-56,58,68,98H,18-48,57H2,1-7H3,(H,92,117)(H,93,119)(H,94,120)(H,95,118)(H,96,121)(H,99,122)(H,100,123)(H,101,115)(H,102,114)(H,103,116)(H4,90,91,97)/t58-,68+/m0/s1. The van der Waals surface area contributed by atoms with E-state index in [0.29, 0.717) is 136 Å². The third-order valence-corrected chi connectivity index (χ3v) is 20.1. The molecule has 0 saturated carbocycles. The number of fused-ring (bicyclic) bond motifs is 1. The van der Waals surface area contributed by atoms with Gasteiger partial charge in [-0.15, -0.1) is 0 Å². The maximum atomic E-state index is 13.4. The van der Waals surface area contributed by atoms with E-state index < -0.39 is 53.2 Å². The number of nitrogens with zero attached hydrogens (tertiary/aromatic N) is 9. The molecular weight excluding hydrogens is 1770 g/mol. The van der Waals surface area contributed by atoms with Crippen molar-refractivity contribution in [1.82, 2.24) is 69.7 Å². The van der Waals surface area contributed by atoms with Gasteiger partial charge in [-0.2, -0.15) is 0 Å². The molecule has 8 aromatic rings. The van der Waals surface area contributed by atoms with E-state index in [-0.39, 0.29) is 166 Å². The first-order valence-corrected chi connectivity index (χ1v) is 43.9. The Kier molecular flexibility index (Phi) is 43.8. The summed E-state index contributed by atoms with van der Waals surface area (Å²) >= 11 is 6.14. The van der Waals surface area contributed by atoms with Gasteiger partial charge >= 0.3 is 0 Å². The zero-order chi connectivity index (χ0) is 96.1. The summed E-state index contributed by atoms with van der Waals surface area (Å²) in [6.07, 6.45) is 7.62. The van der Waals surface area contributed by atoms with Crippen molar-refractivity contribution >= 4 is 123 Å². The van der Waals surface area contributed by atoms with Crippen LogP contribution >= 0.6 is 11.6 Å². The van der Waals surface area contributed by atoms with Crippen molar-refractivity contribution in [1.29, 1.82) is 5.41 Å². The molecule has 9 rings (SSSR count). The number of nitrogens with two attached hydrogens (primary N) is 1. The minimum absolute atomic E-state index is 0.00523. The number of nitrogens with one attached hydrogen (secondary N) is 13. The second-order valence-electron chi connectivity index (χ2n) is 30.4.